The van der Waals surface area contributed by atoms with Gasteiger partial charge in [-0.05, 0) is 0 Å². The minimum Gasteiger partial charge on any atom is -0.294 e. The van der Waals surface area contributed by atoms with Gasteiger partial charge in [0.05, 0.1) is 0 Å². The van der Waals surface area contributed by atoms with Gasteiger partial charge in [-0.15, -0.1) is 0 Å². The van der Waals surface area contributed by atoms with Crippen LogP contribution in [0.5, 0.6) is 0 Å². The maximum Gasteiger partial charge on any atom is 0.151 e. The standard InChI is InChI=1S/Ce.N2O/c;1-2-3. The Bertz CT molecular complexity index is 27.0. The van der Waals surface area contributed by atoms with Crippen molar-refractivity contribution in [3.63, 3.8) is 0 Å². The fraction of sp³-hybridized carbons (Fsp3) is 0. The molecule has 0 saturated carbocycles. The maximum atomic E-state index is 8.11. The molecule has 0 aromatic rings. The van der Waals surface area contributed by atoms with E-state index in [1.807, 2.05) is 0 Å². The van der Waals surface area contributed by atoms with E-state index in [0.29, 0.717) is 0 Å². The smallest absolute Gasteiger partial charge is 0.151 e. The van der Waals surface area contributed by atoms with Gasteiger partial charge >= 0.3 is 0 Å². The molecule has 0 atom stereocenters. The first-order chi connectivity index (χ1) is 1.41. The first-order valence-corrected chi connectivity index (χ1v) is 0.383. The van der Waals surface area contributed by atoms with E-state index in [9.17, 15) is 0 Å². The van der Waals surface area contributed by atoms with Crippen molar-refractivity contribution in [1.29, 1.82) is 0 Å². The van der Waals surface area contributed by atoms with E-state index in [2.05, 4.69) is 0 Å². The summed E-state index contributed by atoms with van der Waals surface area (Å²) in [5.74, 6) is 0. The molecule has 0 aromatic carbocycles. The minimum atomic E-state index is 0. The first kappa shape index (κ1) is 8.82. The van der Waals surface area contributed by atoms with Crippen LogP contribution in [-0.4, -0.2) is 0 Å². The third-order valence-corrected chi connectivity index (χ3v) is 0. The van der Waals surface area contributed by atoms with Crippen molar-refractivity contribution in [3.05, 3.63) is 10.4 Å². The average molecular weight is 184 g/mol. The predicted octanol–water partition coefficient (Wildman–Crippen LogP) is -0.158. The zero-order valence-corrected chi connectivity index (χ0v) is 4.94. The molecule has 0 unspecified atom stereocenters. The van der Waals surface area contributed by atoms with Crippen LogP contribution in [-0.2, 0) is 0 Å². The van der Waals surface area contributed by atoms with Crippen molar-refractivity contribution in [2.75, 3.05) is 0 Å². The minimum absolute atomic E-state index is 0. The molecule has 0 aromatic heterocycles. The van der Waals surface area contributed by atoms with Gasteiger partial charge in [-0.1, -0.05) is 0 Å². The molecule has 0 aliphatic carbocycles. The second-order valence-electron chi connectivity index (χ2n) is 0.0816. The Hall–Kier alpha value is 0.687. The van der Waals surface area contributed by atoms with E-state index < -0.39 is 0 Å². The summed E-state index contributed by atoms with van der Waals surface area (Å²) in [5.41, 5.74) is 6.64. The molecule has 0 N–H and O–H groups in total. The molecule has 0 spiro atoms. The Morgan fingerprint density at radius 1 is 1.75 bits per heavy atom. The molecular weight excluding hydrogens is 184 g/mol. The fourth-order valence-electron chi connectivity index (χ4n) is 0. The van der Waals surface area contributed by atoms with Gasteiger partial charge < -0.3 is 0 Å². The van der Waals surface area contributed by atoms with Crippen LogP contribution in [0.1, 0.15) is 0 Å². The second kappa shape index (κ2) is 9.35. The first-order valence-electron chi connectivity index (χ1n) is 0.383. The van der Waals surface area contributed by atoms with Crippen molar-refractivity contribution in [2.24, 2.45) is 0 Å². The third-order valence-electron chi connectivity index (χ3n) is 0. The molecule has 0 aliphatic rings. The zero-order valence-electron chi connectivity index (χ0n) is 1.80. The summed E-state index contributed by atoms with van der Waals surface area (Å²) in [6, 6.07) is 0. The number of nitroso groups, excluding NO2 is 1. The monoisotopic (exact) mass is 184 g/mol. The molecule has 0 saturated heterocycles. The van der Waals surface area contributed by atoms with Crippen molar-refractivity contribution in [2.45, 2.75) is 0 Å². The Balaban J connectivity index is 0. The van der Waals surface area contributed by atoms with Crippen LogP contribution in [0.25, 0.3) is 5.53 Å². The Morgan fingerprint density at radius 2 is 1.75 bits per heavy atom. The van der Waals surface area contributed by atoms with Crippen LogP contribution < -0.4 is 4.97 Å². The molecule has 4 heteroatoms. The van der Waals surface area contributed by atoms with Crippen molar-refractivity contribution in [1.82, 2.24) is 4.97 Å². The molecule has 0 radical (unpaired) electrons. The van der Waals surface area contributed by atoms with Crippen molar-refractivity contribution >= 4 is 0 Å². The van der Waals surface area contributed by atoms with Gasteiger partial charge in [0.15, 0.2) is 4.91 Å². The summed E-state index contributed by atoms with van der Waals surface area (Å²) in [5, 5.41) is 0. The normalized spacial score (nSPS) is 2.00. The molecule has 0 amide bonds. The summed E-state index contributed by atoms with van der Waals surface area (Å²) >= 11 is 0. The fourth-order valence-corrected chi connectivity index (χ4v) is 0. The van der Waals surface area contributed by atoms with Crippen molar-refractivity contribution < 1.29 is 41.7 Å². The van der Waals surface area contributed by atoms with Gasteiger partial charge in [-0.25, -0.2) is 0 Å². The average Bonchev–Trinajstić information content (AvgIpc) is 0.918. The van der Waals surface area contributed by atoms with Gasteiger partial charge in [0.2, 0.25) is 0 Å². The Labute approximate surface area is 56.6 Å². The van der Waals surface area contributed by atoms with Gasteiger partial charge in [0.1, 0.15) is 4.97 Å². The molecule has 0 aliphatic heterocycles. The quantitative estimate of drug-likeness (QED) is 0.381. The number of hydrogen-bond donors (Lipinski definition) is 0. The van der Waals surface area contributed by atoms with Crippen LogP contribution in [0.4, 0.5) is 0 Å². The van der Waals surface area contributed by atoms with Crippen LogP contribution in [0, 0.1) is 46.7 Å². The van der Waals surface area contributed by atoms with Crippen LogP contribution in [0.2, 0.25) is 0 Å². The molecule has 0 fully saturated rings. The maximum absolute atomic E-state index is 8.11. The summed E-state index contributed by atoms with van der Waals surface area (Å²) in [6.45, 7) is 0. The van der Waals surface area contributed by atoms with Gasteiger partial charge in [0, 0.05) is 41.7 Å². The number of nitrogens with zero attached hydrogens (tertiary/aromatic N) is 2. The summed E-state index contributed by atoms with van der Waals surface area (Å²) < 4.78 is 0. The number of rotatable bonds is 0. The van der Waals surface area contributed by atoms with Gasteiger partial charge in [0.25, 0.3) is 0 Å². The van der Waals surface area contributed by atoms with Crippen LogP contribution >= 0.6 is 0 Å². The molecule has 4 heavy (non-hydrogen) atoms. The van der Waals surface area contributed by atoms with E-state index in [1.165, 1.54) is 4.97 Å². The third kappa shape index (κ3) is 16.2. The molecule has 3 nitrogen and oxygen atoms in total. The van der Waals surface area contributed by atoms with Gasteiger partial charge in [-0.2, -0.15) is 0 Å². The molecular formula is CeN2O. The van der Waals surface area contributed by atoms with Crippen LogP contribution in [0.3, 0.4) is 0 Å². The molecule has 0 rings (SSSR count). The van der Waals surface area contributed by atoms with E-state index in [0.717, 1.165) is 0 Å². The molecule has 0 bridgehead atoms. The molecule has 0 heterocycles. The van der Waals surface area contributed by atoms with Gasteiger partial charge in [-0.3, -0.25) is 5.53 Å². The molecule has 20 valence electrons. The zero-order chi connectivity index (χ0) is 2.71. The van der Waals surface area contributed by atoms with E-state index in [4.69, 9.17) is 10.4 Å². The van der Waals surface area contributed by atoms with E-state index >= 15 is 0 Å². The predicted molar refractivity (Wildman–Crippen MR) is 8.86 cm³/mol. The van der Waals surface area contributed by atoms with Crippen molar-refractivity contribution in [3.8, 4) is 0 Å². The van der Waals surface area contributed by atoms with E-state index in [-0.39, 0.29) is 41.7 Å². The summed E-state index contributed by atoms with van der Waals surface area (Å²) in [6.07, 6.45) is 0. The SMILES string of the molecule is [Ce].[N-]=[N+]=O. The van der Waals surface area contributed by atoms with E-state index in [1.54, 1.807) is 0 Å². The second-order valence-corrected chi connectivity index (χ2v) is 0.0816. The number of hydrogen-bond acceptors (Lipinski definition) is 1. The largest absolute Gasteiger partial charge is 0.294 e. The Morgan fingerprint density at radius 3 is 1.75 bits per heavy atom. The summed E-state index contributed by atoms with van der Waals surface area (Å²) in [4.78, 5) is 9.36. The van der Waals surface area contributed by atoms with Crippen LogP contribution in [0.15, 0.2) is 0 Å². The summed E-state index contributed by atoms with van der Waals surface area (Å²) in [7, 11) is 0. The topological polar surface area (TPSA) is 53.5 Å². The Kier molecular flexibility index (Phi) is 20.6.